The zero-order chi connectivity index (χ0) is 11.8. The first-order valence-corrected chi connectivity index (χ1v) is 6.74. The summed E-state index contributed by atoms with van der Waals surface area (Å²) in [6.07, 6.45) is -0.140. The van der Waals surface area contributed by atoms with E-state index in [1.54, 1.807) is 11.8 Å². The van der Waals surface area contributed by atoms with E-state index in [1.807, 2.05) is 38.1 Å². The average Bonchev–Trinajstić information content (AvgIpc) is 2.27. The molecule has 0 radical (unpaired) electrons. The Bertz CT molecular complexity index is 301. The SMILES string of the molecule is CCOC(CSc1cccc(Cl)c1)OCC. The van der Waals surface area contributed by atoms with Gasteiger partial charge in [-0.2, -0.15) is 0 Å². The third kappa shape index (κ3) is 5.21. The van der Waals surface area contributed by atoms with Crippen LogP contribution in [0.1, 0.15) is 13.8 Å². The summed E-state index contributed by atoms with van der Waals surface area (Å²) >= 11 is 7.59. The van der Waals surface area contributed by atoms with Crippen LogP contribution in [-0.4, -0.2) is 25.3 Å². The molecule has 2 nitrogen and oxygen atoms in total. The van der Waals surface area contributed by atoms with Crippen LogP contribution in [0.5, 0.6) is 0 Å². The molecule has 0 heterocycles. The number of ether oxygens (including phenoxy) is 2. The second-order valence-corrected chi connectivity index (χ2v) is 4.64. The summed E-state index contributed by atoms with van der Waals surface area (Å²) in [4.78, 5) is 1.14. The van der Waals surface area contributed by atoms with Crippen LogP contribution >= 0.6 is 23.4 Å². The van der Waals surface area contributed by atoms with Gasteiger partial charge in [0, 0.05) is 28.9 Å². The molecular formula is C12H17ClO2S. The fourth-order valence-corrected chi connectivity index (χ4v) is 2.40. The predicted octanol–water partition coefficient (Wildman–Crippen LogP) is 3.83. The molecule has 4 heteroatoms. The van der Waals surface area contributed by atoms with Gasteiger partial charge in [0.2, 0.25) is 0 Å². The van der Waals surface area contributed by atoms with Crippen molar-refractivity contribution < 1.29 is 9.47 Å². The van der Waals surface area contributed by atoms with Gasteiger partial charge in [0.1, 0.15) is 0 Å². The molecule has 0 unspecified atom stereocenters. The zero-order valence-electron chi connectivity index (χ0n) is 9.61. The minimum atomic E-state index is -0.140. The van der Waals surface area contributed by atoms with Crippen LogP contribution in [0, 0.1) is 0 Å². The Morgan fingerprint density at radius 2 is 1.94 bits per heavy atom. The molecule has 1 aromatic carbocycles. The molecular weight excluding hydrogens is 244 g/mol. The second kappa shape index (κ2) is 7.96. The summed E-state index contributed by atoms with van der Waals surface area (Å²) in [5.74, 6) is 0.780. The first-order chi connectivity index (χ1) is 7.76. The quantitative estimate of drug-likeness (QED) is 0.548. The Balaban J connectivity index is 2.41. The van der Waals surface area contributed by atoms with E-state index in [2.05, 4.69) is 0 Å². The van der Waals surface area contributed by atoms with Gasteiger partial charge in [0.25, 0.3) is 0 Å². The number of benzene rings is 1. The van der Waals surface area contributed by atoms with Crippen molar-refractivity contribution in [1.29, 1.82) is 0 Å². The molecule has 0 aliphatic carbocycles. The monoisotopic (exact) mass is 260 g/mol. The van der Waals surface area contributed by atoms with Crippen LogP contribution in [0.4, 0.5) is 0 Å². The van der Waals surface area contributed by atoms with E-state index in [-0.39, 0.29) is 6.29 Å². The van der Waals surface area contributed by atoms with E-state index < -0.39 is 0 Å². The number of hydrogen-bond acceptors (Lipinski definition) is 3. The van der Waals surface area contributed by atoms with Crippen LogP contribution in [0.2, 0.25) is 5.02 Å². The summed E-state index contributed by atoms with van der Waals surface area (Å²) in [6, 6.07) is 7.79. The van der Waals surface area contributed by atoms with E-state index in [4.69, 9.17) is 21.1 Å². The lowest BCUT2D eigenvalue weighted by Gasteiger charge is -2.16. The summed E-state index contributed by atoms with van der Waals surface area (Å²) in [5, 5.41) is 0.759. The van der Waals surface area contributed by atoms with Crippen LogP contribution in [0.25, 0.3) is 0 Å². The summed E-state index contributed by atoms with van der Waals surface area (Å²) in [6.45, 7) is 5.27. The van der Waals surface area contributed by atoms with Crippen molar-refractivity contribution in [3.05, 3.63) is 29.3 Å². The fraction of sp³-hybridized carbons (Fsp3) is 0.500. The molecule has 0 spiro atoms. The number of halogens is 1. The van der Waals surface area contributed by atoms with E-state index >= 15 is 0 Å². The maximum atomic E-state index is 5.91. The molecule has 0 aliphatic heterocycles. The van der Waals surface area contributed by atoms with E-state index in [9.17, 15) is 0 Å². The van der Waals surface area contributed by atoms with Crippen LogP contribution < -0.4 is 0 Å². The van der Waals surface area contributed by atoms with Crippen LogP contribution in [0.3, 0.4) is 0 Å². The normalized spacial score (nSPS) is 11.0. The van der Waals surface area contributed by atoms with E-state index in [0.717, 1.165) is 15.7 Å². The van der Waals surface area contributed by atoms with Crippen molar-refractivity contribution in [3.8, 4) is 0 Å². The van der Waals surface area contributed by atoms with Crippen molar-refractivity contribution in [2.45, 2.75) is 25.0 Å². The topological polar surface area (TPSA) is 18.5 Å². The third-order valence-corrected chi connectivity index (χ3v) is 3.15. The molecule has 0 saturated carbocycles. The van der Waals surface area contributed by atoms with Crippen molar-refractivity contribution in [1.82, 2.24) is 0 Å². The van der Waals surface area contributed by atoms with Crippen molar-refractivity contribution in [2.75, 3.05) is 19.0 Å². The number of hydrogen-bond donors (Lipinski definition) is 0. The van der Waals surface area contributed by atoms with Gasteiger partial charge in [-0.1, -0.05) is 17.7 Å². The smallest absolute Gasteiger partial charge is 0.166 e. The lowest BCUT2D eigenvalue weighted by atomic mass is 10.4. The molecule has 1 aromatic rings. The maximum Gasteiger partial charge on any atom is 0.166 e. The van der Waals surface area contributed by atoms with Crippen molar-refractivity contribution in [2.24, 2.45) is 0 Å². The Labute approximate surface area is 106 Å². The number of rotatable bonds is 7. The van der Waals surface area contributed by atoms with Gasteiger partial charge in [-0.05, 0) is 32.0 Å². The molecule has 0 bridgehead atoms. The maximum absolute atomic E-state index is 5.91. The molecule has 1 rings (SSSR count). The van der Waals surface area contributed by atoms with Gasteiger partial charge < -0.3 is 9.47 Å². The van der Waals surface area contributed by atoms with Crippen molar-refractivity contribution >= 4 is 23.4 Å². The third-order valence-electron chi connectivity index (χ3n) is 1.89. The Morgan fingerprint density at radius 1 is 1.25 bits per heavy atom. The van der Waals surface area contributed by atoms with Crippen LogP contribution in [0.15, 0.2) is 29.2 Å². The highest BCUT2D eigenvalue weighted by molar-refractivity contribution is 7.99. The molecule has 0 amide bonds. The lowest BCUT2D eigenvalue weighted by molar-refractivity contribution is -0.120. The molecule has 16 heavy (non-hydrogen) atoms. The molecule has 0 aliphatic rings. The van der Waals surface area contributed by atoms with Gasteiger partial charge >= 0.3 is 0 Å². The first-order valence-electron chi connectivity index (χ1n) is 5.37. The zero-order valence-corrected chi connectivity index (χ0v) is 11.2. The Hall–Kier alpha value is -0.220. The first kappa shape index (κ1) is 13.8. The molecule has 90 valence electrons. The highest BCUT2D eigenvalue weighted by Crippen LogP contribution is 2.23. The van der Waals surface area contributed by atoms with Gasteiger partial charge in [-0.3, -0.25) is 0 Å². The fourth-order valence-electron chi connectivity index (χ4n) is 1.24. The predicted molar refractivity (Wildman–Crippen MR) is 69.2 cm³/mol. The average molecular weight is 261 g/mol. The molecule has 0 atom stereocenters. The Kier molecular flexibility index (Phi) is 6.88. The largest absolute Gasteiger partial charge is 0.352 e. The standard InChI is InChI=1S/C12H17ClO2S/c1-3-14-12(15-4-2)9-16-11-7-5-6-10(13)8-11/h5-8,12H,3-4,9H2,1-2H3. The minimum absolute atomic E-state index is 0.140. The summed E-state index contributed by atoms with van der Waals surface area (Å²) < 4.78 is 10.9. The van der Waals surface area contributed by atoms with Crippen molar-refractivity contribution in [3.63, 3.8) is 0 Å². The Morgan fingerprint density at radius 3 is 2.50 bits per heavy atom. The molecule has 0 N–H and O–H groups in total. The van der Waals surface area contributed by atoms with Crippen LogP contribution in [-0.2, 0) is 9.47 Å². The second-order valence-electron chi connectivity index (χ2n) is 3.11. The molecule has 0 aromatic heterocycles. The summed E-state index contributed by atoms with van der Waals surface area (Å²) in [5.41, 5.74) is 0. The highest BCUT2D eigenvalue weighted by atomic mass is 35.5. The highest BCUT2D eigenvalue weighted by Gasteiger charge is 2.08. The number of thioether (sulfide) groups is 1. The van der Waals surface area contributed by atoms with E-state index in [0.29, 0.717) is 13.2 Å². The van der Waals surface area contributed by atoms with Gasteiger partial charge in [-0.15, -0.1) is 11.8 Å². The molecule has 0 fully saturated rings. The minimum Gasteiger partial charge on any atom is -0.352 e. The van der Waals surface area contributed by atoms with Gasteiger partial charge in [0.05, 0.1) is 0 Å². The molecule has 0 saturated heterocycles. The van der Waals surface area contributed by atoms with Gasteiger partial charge in [0.15, 0.2) is 6.29 Å². The van der Waals surface area contributed by atoms with E-state index in [1.165, 1.54) is 0 Å². The summed E-state index contributed by atoms with van der Waals surface area (Å²) in [7, 11) is 0. The van der Waals surface area contributed by atoms with Gasteiger partial charge in [-0.25, -0.2) is 0 Å². The lowest BCUT2D eigenvalue weighted by Crippen LogP contribution is -2.19.